The zero-order valence-electron chi connectivity index (χ0n) is 20.5. The summed E-state index contributed by atoms with van der Waals surface area (Å²) in [4.78, 5) is 5.15. The molecule has 0 spiro atoms. The van der Waals surface area contributed by atoms with Crippen LogP contribution in [-0.4, -0.2) is 4.98 Å². The molecule has 4 fully saturated rings. The van der Waals surface area contributed by atoms with E-state index in [9.17, 15) is 5.26 Å². The summed E-state index contributed by atoms with van der Waals surface area (Å²) in [6, 6.07) is 34.4. The number of hydrogen-bond donors (Lipinski definition) is 0. The number of aromatic nitrogens is 1. The van der Waals surface area contributed by atoms with Crippen molar-refractivity contribution in [3.05, 3.63) is 102 Å². The maximum atomic E-state index is 10.0. The molecule has 4 aliphatic carbocycles. The Morgan fingerprint density at radius 1 is 0.611 bits per heavy atom. The molecule has 4 aromatic rings. The van der Waals surface area contributed by atoms with Crippen LogP contribution in [0.15, 0.2) is 91.0 Å². The van der Waals surface area contributed by atoms with Crippen molar-refractivity contribution in [3.63, 3.8) is 0 Å². The van der Waals surface area contributed by atoms with Gasteiger partial charge in [-0.3, -0.25) is 0 Å². The topological polar surface area (TPSA) is 36.7 Å². The highest BCUT2D eigenvalue weighted by Gasteiger charge is 2.51. The fourth-order valence-electron chi connectivity index (χ4n) is 7.84. The van der Waals surface area contributed by atoms with Crippen LogP contribution in [-0.2, 0) is 5.41 Å². The number of rotatable bonds is 4. The molecule has 1 aromatic heterocycles. The Morgan fingerprint density at radius 3 is 1.75 bits per heavy atom. The summed E-state index contributed by atoms with van der Waals surface area (Å²) in [6.07, 6.45) is 8.14. The summed E-state index contributed by atoms with van der Waals surface area (Å²) in [5, 5.41) is 10.0. The van der Waals surface area contributed by atoms with Crippen molar-refractivity contribution in [1.82, 2.24) is 4.98 Å². The SMILES string of the molecule is N#Cc1cc(-c2cc(-c3ccccc3)cc(-c3ccccc3)n2)cc(C23C[C@H]4C[C@H](C2)C[C@@H](C3)C4)c1. The molecule has 4 aliphatic rings. The fourth-order valence-corrected chi connectivity index (χ4v) is 7.84. The molecule has 2 nitrogen and oxygen atoms in total. The van der Waals surface area contributed by atoms with Gasteiger partial charge in [-0.2, -0.15) is 5.26 Å². The van der Waals surface area contributed by atoms with E-state index in [1.54, 1.807) is 0 Å². The van der Waals surface area contributed by atoms with Crippen LogP contribution >= 0.6 is 0 Å². The second-order valence-electron chi connectivity index (χ2n) is 11.5. The number of benzene rings is 3. The lowest BCUT2D eigenvalue weighted by molar-refractivity contribution is -0.00517. The van der Waals surface area contributed by atoms with E-state index in [4.69, 9.17) is 4.98 Å². The number of nitriles is 1. The van der Waals surface area contributed by atoms with Gasteiger partial charge in [0.25, 0.3) is 0 Å². The zero-order valence-corrected chi connectivity index (χ0v) is 20.5. The maximum absolute atomic E-state index is 10.0. The van der Waals surface area contributed by atoms with Crippen LogP contribution in [0.2, 0.25) is 0 Å². The summed E-state index contributed by atoms with van der Waals surface area (Å²) < 4.78 is 0. The van der Waals surface area contributed by atoms with Gasteiger partial charge >= 0.3 is 0 Å². The van der Waals surface area contributed by atoms with Gasteiger partial charge in [-0.1, -0.05) is 60.7 Å². The molecule has 0 N–H and O–H groups in total. The highest BCUT2D eigenvalue weighted by molar-refractivity contribution is 5.77. The molecule has 0 atom stereocenters. The molecule has 0 aliphatic heterocycles. The molecule has 0 saturated heterocycles. The first-order chi connectivity index (χ1) is 17.7. The third-order valence-corrected chi connectivity index (χ3v) is 9.01. The zero-order chi connectivity index (χ0) is 24.1. The largest absolute Gasteiger partial charge is 0.248 e. The second kappa shape index (κ2) is 8.45. The monoisotopic (exact) mass is 466 g/mol. The number of pyridine rings is 1. The summed E-state index contributed by atoms with van der Waals surface area (Å²) in [7, 11) is 0. The molecular formula is C34H30N2. The first-order valence-electron chi connectivity index (χ1n) is 13.4. The van der Waals surface area contributed by atoms with Crippen LogP contribution in [0.5, 0.6) is 0 Å². The highest BCUT2D eigenvalue weighted by atomic mass is 14.7. The van der Waals surface area contributed by atoms with Crippen LogP contribution in [0.3, 0.4) is 0 Å². The average molecular weight is 467 g/mol. The molecule has 4 bridgehead atoms. The molecular weight excluding hydrogens is 436 g/mol. The van der Waals surface area contributed by atoms with E-state index in [0.717, 1.165) is 51.4 Å². The van der Waals surface area contributed by atoms with Gasteiger partial charge in [0.1, 0.15) is 0 Å². The minimum Gasteiger partial charge on any atom is -0.248 e. The van der Waals surface area contributed by atoms with E-state index < -0.39 is 0 Å². The number of hydrogen-bond acceptors (Lipinski definition) is 2. The molecule has 1 heterocycles. The van der Waals surface area contributed by atoms with Gasteiger partial charge in [0.15, 0.2) is 0 Å². The summed E-state index contributed by atoms with van der Waals surface area (Å²) >= 11 is 0. The minimum absolute atomic E-state index is 0.246. The van der Waals surface area contributed by atoms with Crippen molar-refractivity contribution >= 4 is 0 Å². The van der Waals surface area contributed by atoms with Crippen LogP contribution < -0.4 is 0 Å². The summed E-state index contributed by atoms with van der Waals surface area (Å²) in [5.74, 6) is 2.61. The second-order valence-corrected chi connectivity index (χ2v) is 11.5. The third kappa shape index (κ3) is 3.75. The Labute approximate surface area is 213 Å². The van der Waals surface area contributed by atoms with Gasteiger partial charge in [0.2, 0.25) is 0 Å². The maximum Gasteiger partial charge on any atom is 0.0991 e. The van der Waals surface area contributed by atoms with Crippen molar-refractivity contribution < 1.29 is 0 Å². The predicted octanol–water partition coefficient (Wildman–Crippen LogP) is 8.42. The molecule has 0 radical (unpaired) electrons. The molecule has 0 amide bonds. The smallest absolute Gasteiger partial charge is 0.0991 e. The van der Waals surface area contributed by atoms with E-state index in [1.807, 2.05) is 12.1 Å². The molecule has 3 aromatic carbocycles. The Hall–Kier alpha value is -3.70. The third-order valence-electron chi connectivity index (χ3n) is 9.01. The lowest BCUT2D eigenvalue weighted by Gasteiger charge is -2.57. The van der Waals surface area contributed by atoms with E-state index in [2.05, 4.69) is 84.9 Å². The Morgan fingerprint density at radius 2 is 1.17 bits per heavy atom. The van der Waals surface area contributed by atoms with Gasteiger partial charge in [-0.05, 0) is 109 Å². The van der Waals surface area contributed by atoms with Gasteiger partial charge in [0.05, 0.1) is 23.0 Å². The number of nitrogens with zero attached hydrogens (tertiary/aromatic N) is 2. The average Bonchev–Trinajstić information content (AvgIpc) is 2.93. The van der Waals surface area contributed by atoms with Crippen molar-refractivity contribution in [2.45, 2.75) is 43.9 Å². The van der Waals surface area contributed by atoms with Crippen LogP contribution in [0.4, 0.5) is 0 Å². The van der Waals surface area contributed by atoms with Crippen molar-refractivity contribution in [3.8, 4) is 39.7 Å². The highest BCUT2D eigenvalue weighted by Crippen LogP contribution is 2.61. The van der Waals surface area contributed by atoms with Gasteiger partial charge in [0, 0.05) is 11.1 Å². The molecule has 0 unspecified atom stereocenters. The predicted molar refractivity (Wildman–Crippen MR) is 145 cm³/mol. The Bertz CT molecular complexity index is 1370. The minimum atomic E-state index is 0.246. The van der Waals surface area contributed by atoms with Crippen LogP contribution in [0.1, 0.15) is 49.7 Å². The van der Waals surface area contributed by atoms with Crippen LogP contribution in [0.25, 0.3) is 33.6 Å². The molecule has 4 saturated carbocycles. The van der Waals surface area contributed by atoms with Gasteiger partial charge < -0.3 is 0 Å². The van der Waals surface area contributed by atoms with Crippen molar-refractivity contribution in [2.75, 3.05) is 0 Å². The molecule has 176 valence electrons. The molecule has 8 rings (SSSR count). The quantitative estimate of drug-likeness (QED) is 0.303. The molecule has 36 heavy (non-hydrogen) atoms. The van der Waals surface area contributed by atoms with Crippen molar-refractivity contribution in [1.29, 1.82) is 5.26 Å². The Balaban J connectivity index is 1.39. The van der Waals surface area contributed by atoms with Gasteiger partial charge in [-0.15, -0.1) is 0 Å². The Kier molecular flexibility index (Phi) is 5.07. The molecule has 2 heteroatoms. The summed E-state index contributed by atoms with van der Waals surface area (Å²) in [6.45, 7) is 0. The standard InChI is InChI=1S/C34H30N2/c35-22-26-14-30(16-31(15-26)34-19-23-11-24(20-34)13-25(12-23)21-34)33-18-29(27-7-3-1-4-8-27)17-32(36-33)28-9-5-2-6-10-28/h1-10,14-18,23-25H,11-13,19-21H2/t23-,24-,25-,34?. The summed E-state index contributed by atoms with van der Waals surface area (Å²) in [5.41, 5.74) is 8.79. The van der Waals surface area contributed by atoms with E-state index in [0.29, 0.717) is 0 Å². The van der Waals surface area contributed by atoms with Crippen molar-refractivity contribution in [2.24, 2.45) is 17.8 Å². The first-order valence-corrected chi connectivity index (χ1v) is 13.4. The lowest BCUT2D eigenvalue weighted by Crippen LogP contribution is -2.48. The van der Waals surface area contributed by atoms with E-state index in [-0.39, 0.29) is 5.41 Å². The van der Waals surface area contributed by atoms with E-state index >= 15 is 0 Å². The van der Waals surface area contributed by atoms with Gasteiger partial charge in [-0.25, -0.2) is 4.98 Å². The van der Waals surface area contributed by atoms with Crippen LogP contribution in [0, 0.1) is 29.1 Å². The fraction of sp³-hybridized carbons (Fsp3) is 0.294. The van der Waals surface area contributed by atoms with E-state index in [1.165, 1.54) is 49.7 Å². The lowest BCUT2D eigenvalue weighted by atomic mass is 9.48. The normalized spacial score (nSPS) is 26.0. The first kappa shape index (κ1) is 21.6.